The van der Waals surface area contributed by atoms with Crippen molar-refractivity contribution in [2.75, 3.05) is 26.2 Å². The highest BCUT2D eigenvalue weighted by Crippen LogP contribution is 2.29. The molecule has 2 aromatic carbocycles. The average Bonchev–Trinajstić information content (AvgIpc) is 2.98. The van der Waals surface area contributed by atoms with Gasteiger partial charge < -0.3 is 14.9 Å². The van der Waals surface area contributed by atoms with Crippen molar-refractivity contribution in [1.29, 1.82) is 0 Å². The molecule has 0 aliphatic carbocycles. The maximum absolute atomic E-state index is 13.0. The number of rotatable bonds is 5. The molecule has 1 N–H and O–H groups in total. The van der Waals surface area contributed by atoms with E-state index in [1.54, 1.807) is 12.1 Å². The van der Waals surface area contributed by atoms with Crippen LogP contribution in [0.15, 0.2) is 46.9 Å². The third-order valence-electron chi connectivity index (χ3n) is 5.82. The van der Waals surface area contributed by atoms with Crippen molar-refractivity contribution in [2.45, 2.75) is 25.5 Å². The van der Waals surface area contributed by atoms with Gasteiger partial charge in [-0.2, -0.15) is 0 Å². The summed E-state index contributed by atoms with van der Waals surface area (Å²) in [5.74, 6) is 0.334. The van der Waals surface area contributed by atoms with Crippen LogP contribution in [0, 0.1) is 11.7 Å². The number of likely N-dealkylation sites (tertiary alicyclic amines) is 1. The number of carbonyl (C=O) groups excluding carboxylic acids is 1. The standard InChI is InChI=1S/C22H24BrFN2O2/c23-18-3-6-20-17(11-18)13-26(22(20)28)12-15-7-9-25(10-8-15)14-21(27)16-1-4-19(24)5-2-16/h1-6,11,15,21,27H,7-10,12-14H2/t21-/m0/s1. The largest absolute Gasteiger partial charge is 0.387 e. The number of β-amino-alcohol motifs (C(OH)–C–C–N with tert-alkyl or cyclic N) is 1. The third kappa shape index (κ3) is 4.29. The Hall–Kier alpha value is -1.76. The Morgan fingerprint density at radius 2 is 1.86 bits per heavy atom. The predicted molar refractivity (Wildman–Crippen MR) is 109 cm³/mol. The van der Waals surface area contributed by atoms with E-state index in [2.05, 4.69) is 20.8 Å². The van der Waals surface area contributed by atoms with Gasteiger partial charge in [0.15, 0.2) is 0 Å². The number of carbonyl (C=O) groups is 1. The van der Waals surface area contributed by atoms with Gasteiger partial charge in [-0.05, 0) is 73.3 Å². The van der Waals surface area contributed by atoms with Crippen LogP contribution in [0.1, 0.15) is 40.4 Å². The van der Waals surface area contributed by atoms with E-state index >= 15 is 0 Å². The number of piperidine rings is 1. The van der Waals surface area contributed by atoms with Crippen molar-refractivity contribution < 1.29 is 14.3 Å². The zero-order valence-electron chi connectivity index (χ0n) is 15.7. The molecule has 28 heavy (non-hydrogen) atoms. The summed E-state index contributed by atoms with van der Waals surface area (Å²) >= 11 is 3.48. The van der Waals surface area contributed by atoms with E-state index < -0.39 is 6.10 Å². The summed E-state index contributed by atoms with van der Waals surface area (Å²) in [5, 5.41) is 10.4. The number of aliphatic hydroxyl groups is 1. The van der Waals surface area contributed by atoms with Crippen LogP contribution in [0.3, 0.4) is 0 Å². The molecule has 4 nitrogen and oxygen atoms in total. The second-order valence-electron chi connectivity index (χ2n) is 7.80. The molecule has 0 saturated carbocycles. The number of halogens is 2. The van der Waals surface area contributed by atoms with Crippen molar-refractivity contribution in [3.05, 3.63) is 69.4 Å². The first-order valence-corrected chi connectivity index (χ1v) is 10.5. The van der Waals surface area contributed by atoms with Crippen molar-refractivity contribution >= 4 is 21.8 Å². The summed E-state index contributed by atoms with van der Waals surface area (Å²) in [6, 6.07) is 11.9. The van der Waals surface area contributed by atoms with E-state index in [-0.39, 0.29) is 11.7 Å². The molecule has 2 aliphatic heterocycles. The molecule has 148 valence electrons. The molecular weight excluding hydrogens is 423 g/mol. The molecule has 6 heteroatoms. The van der Waals surface area contributed by atoms with Crippen LogP contribution in [0.5, 0.6) is 0 Å². The minimum Gasteiger partial charge on any atom is -0.387 e. The Kier molecular flexibility index (Phi) is 5.80. The normalized spacial score (nSPS) is 19.1. The van der Waals surface area contributed by atoms with Crippen molar-refractivity contribution in [1.82, 2.24) is 9.80 Å². The summed E-state index contributed by atoms with van der Waals surface area (Å²) < 4.78 is 14.0. The van der Waals surface area contributed by atoms with Gasteiger partial charge in [-0.3, -0.25) is 4.79 Å². The first-order valence-electron chi connectivity index (χ1n) is 9.73. The quantitative estimate of drug-likeness (QED) is 0.754. The van der Waals surface area contributed by atoms with Crippen molar-refractivity contribution in [3.8, 4) is 0 Å². The molecule has 0 bridgehead atoms. The second-order valence-corrected chi connectivity index (χ2v) is 8.71. The lowest BCUT2D eigenvalue weighted by atomic mass is 9.95. The lowest BCUT2D eigenvalue weighted by Gasteiger charge is -2.34. The van der Waals surface area contributed by atoms with Gasteiger partial charge in [-0.25, -0.2) is 4.39 Å². The lowest BCUT2D eigenvalue weighted by Crippen LogP contribution is -2.40. The molecule has 2 aliphatic rings. The Balaban J connectivity index is 1.27. The Bertz CT molecular complexity index is 850. The number of amides is 1. The molecule has 1 amide bonds. The molecule has 1 fully saturated rings. The third-order valence-corrected chi connectivity index (χ3v) is 6.31. The van der Waals surface area contributed by atoms with Crippen LogP contribution >= 0.6 is 15.9 Å². The van der Waals surface area contributed by atoms with E-state index in [9.17, 15) is 14.3 Å². The zero-order chi connectivity index (χ0) is 19.7. The van der Waals surface area contributed by atoms with Gasteiger partial charge in [0.05, 0.1) is 6.10 Å². The van der Waals surface area contributed by atoms with Gasteiger partial charge in [-0.15, -0.1) is 0 Å². The van der Waals surface area contributed by atoms with Gasteiger partial charge in [-0.1, -0.05) is 28.1 Å². The highest BCUT2D eigenvalue weighted by atomic mass is 79.9. The number of nitrogens with zero attached hydrogens (tertiary/aromatic N) is 2. The maximum atomic E-state index is 13.0. The SMILES string of the molecule is O=C1c2ccc(Br)cc2CN1CC1CCN(C[C@H](O)c2ccc(F)cc2)CC1. The fourth-order valence-electron chi connectivity index (χ4n) is 4.20. The lowest BCUT2D eigenvalue weighted by molar-refractivity contribution is 0.0654. The Morgan fingerprint density at radius 3 is 2.57 bits per heavy atom. The summed E-state index contributed by atoms with van der Waals surface area (Å²) in [6.07, 6.45) is 1.42. The molecule has 1 saturated heterocycles. The molecule has 0 unspecified atom stereocenters. The molecular formula is C22H24BrFN2O2. The van der Waals surface area contributed by atoms with E-state index in [4.69, 9.17) is 0 Å². The predicted octanol–water partition coefficient (Wildman–Crippen LogP) is 3.99. The van der Waals surface area contributed by atoms with E-state index in [0.29, 0.717) is 19.0 Å². The van der Waals surface area contributed by atoms with Gasteiger partial charge in [0, 0.05) is 29.7 Å². The van der Waals surface area contributed by atoms with Crippen LogP contribution < -0.4 is 0 Å². The molecule has 0 radical (unpaired) electrons. The topological polar surface area (TPSA) is 43.8 Å². The minimum absolute atomic E-state index is 0.136. The fraction of sp³-hybridized carbons (Fsp3) is 0.409. The monoisotopic (exact) mass is 446 g/mol. The second kappa shape index (κ2) is 8.31. The molecule has 1 atom stereocenters. The van der Waals surface area contributed by atoms with Crippen LogP contribution in [-0.4, -0.2) is 47.0 Å². The Labute approximate surface area is 173 Å². The highest BCUT2D eigenvalue weighted by molar-refractivity contribution is 9.10. The number of hydrogen-bond acceptors (Lipinski definition) is 3. The van der Waals surface area contributed by atoms with Crippen molar-refractivity contribution in [3.63, 3.8) is 0 Å². The summed E-state index contributed by atoms with van der Waals surface area (Å²) in [4.78, 5) is 16.8. The Morgan fingerprint density at radius 1 is 1.14 bits per heavy atom. The number of benzene rings is 2. The molecule has 2 aromatic rings. The van der Waals surface area contributed by atoms with E-state index in [1.807, 2.05) is 23.1 Å². The van der Waals surface area contributed by atoms with E-state index in [1.165, 1.54) is 12.1 Å². The van der Waals surface area contributed by atoms with Gasteiger partial charge in [0.1, 0.15) is 5.82 Å². The smallest absolute Gasteiger partial charge is 0.254 e. The molecule has 4 rings (SSSR count). The first-order chi connectivity index (χ1) is 13.5. The maximum Gasteiger partial charge on any atom is 0.254 e. The van der Waals surface area contributed by atoms with Crippen LogP contribution in [0.25, 0.3) is 0 Å². The first kappa shape index (κ1) is 19.6. The fourth-order valence-corrected chi connectivity index (χ4v) is 4.60. The van der Waals surface area contributed by atoms with Crippen LogP contribution in [-0.2, 0) is 6.54 Å². The van der Waals surface area contributed by atoms with Gasteiger partial charge in [0.25, 0.3) is 5.91 Å². The molecule has 0 aromatic heterocycles. The van der Waals surface area contributed by atoms with Gasteiger partial charge >= 0.3 is 0 Å². The summed E-state index contributed by atoms with van der Waals surface area (Å²) in [7, 11) is 0. The number of fused-ring (bicyclic) bond motifs is 1. The van der Waals surface area contributed by atoms with Crippen LogP contribution in [0.4, 0.5) is 4.39 Å². The minimum atomic E-state index is -0.606. The van der Waals surface area contributed by atoms with E-state index in [0.717, 1.165) is 53.6 Å². The molecule has 2 heterocycles. The number of hydrogen-bond donors (Lipinski definition) is 1. The summed E-state index contributed by atoms with van der Waals surface area (Å²) in [5.41, 5.74) is 2.66. The van der Waals surface area contributed by atoms with Crippen LogP contribution in [0.2, 0.25) is 0 Å². The van der Waals surface area contributed by atoms with Gasteiger partial charge in [0.2, 0.25) is 0 Å². The van der Waals surface area contributed by atoms with Crippen molar-refractivity contribution in [2.24, 2.45) is 5.92 Å². The average molecular weight is 447 g/mol. The number of aliphatic hydroxyl groups excluding tert-OH is 1. The summed E-state index contributed by atoms with van der Waals surface area (Å²) in [6.45, 7) is 3.85. The molecule has 0 spiro atoms. The zero-order valence-corrected chi connectivity index (χ0v) is 17.2. The highest BCUT2D eigenvalue weighted by Gasteiger charge is 2.30.